The van der Waals surface area contributed by atoms with Crippen LogP contribution in [0.2, 0.25) is 5.02 Å². The molecule has 0 aliphatic carbocycles. The molecule has 1 atom stereocenters. The third-order valence-corrected chi connectivity index (χ3v) is 8.47. The Morgan fingerprint density at radius 2 is 1.57 bits per heavy atom. The number of morpholine rings is 1. The van der Waals surface area contributed by atoms with Gasteiger partial charge in [0.2, 0.25) is 5.91 Å². The van der Waals surface area contributed by atoms with E-state index in [1.165, 1.54) is 9.80 Å². The minimum atomic E-state index is -1.06. The van der Waals surface area contributed by atoms with E-state index in [9.17, 15) is 19.2 Å². The number of amides is 3. The van der Waals surface area contributed by atoms with Crippen LogP contribution in [0, 0.1) is 6.92 Å². The van der Waals surface area contributed by atoms with Gasteiger partial charge in [0, 0.05) is 36.0 Å². The van der Waals surface area contributed by atoms with Gasteiger partial charge < -0.3 is 19.9 Å². The van der Waals surface area contributed by atoms with Gasteiger partial charge in [0.05, 0.1) is 24.5 Å². The number of para-hydroxylation sites is 1. The van der Waals surface area contributed by atoms with Gasteiger partial charge in [-0.2, -0.15) is 0 Å². The molecule has 0 aromatic heterocycles. The molecule has 4 aromatic carbocycles. The number of fused-ring (bicyclic) bond motifs is 1. The molecular weight excluding hydrogens is 604 g/mol. The number of benzene rings is 4. The highest BCUT2D eigenvalue weighted by molar-refractivity contribution is 6.52. The minimum Gasteiger partial charge on any atom is -0.378 e. The van der Waals surface area contributed by atoms with Gasteiger partial charge in [0.1, 0.15) is 12.6 Å². The lowest BCUT2D eigenvalue weighted by Crippen LogP contribution is -2.46. The molecule has 10 heteroatoms. The largest absolute Gasteiger partial charge is 0.378 e. The first-order valence-corrected chi connectivity index (χ1v) is 15.5. The summed E-state index contributed by atoms with van der Waals surface area (Å²) in [5.41, 5.74) is 4.55. The number of nitrogens with zero attached hydrogens (tertiary/aromatic N) is 3. The van der Waals surface area contributed by atoms with Gasteiger partial charge in [-0.15, -0.1) is 0 Å². The Hall–Kier alpha value is -4.99. The standard InChI is InChI=1S/C36H33ClN4O5/c1-24-6-10-26(11-7-24)33(35(44)38-28-14-16-29(17-15-28)39-18-20-46-21-19-39)41(22-25-8-12-27(37)13-9-25)32(42)23-40-31-5-3-2-4-30(31)34(43)36(40)45/h2-17,33H,18-23H2,1H3,(H,38,44). The number of hydrogen-bond donors (Lipinski definition) is 1. The lowest BCUT2D eigenvalue weighted by Gasteiger charge is -2.33. The van der Waals surface area contributed by atoms with E-state index in [0.717, 1.165) is 29.9 Å². The molecule has 1 fully saturated rings. The molecule has 46 heavy (non-hydrogen) atoms. The molecule has 234 valence electrons. The van der Waals surface area contributed by atoms with E-state index in [-0.39, 0.29) is 12.1 Å². The van der Waals surface area contributed by atoms with E-state index in [4.69, 9.17) is 16.3 Å². The zero-order valence-corrected chi connectivity index (χ0v) is 26.1. The molecule has 2 aliphatic heterocycles. The van der Waals surface area contributed by atoms with E-state index >= 15 is 0 Å². The van der Waals surface area contributed by atoms with Crippen LogP contribution in [0.3, 0.4) is 0 Å². The molecule has 0 bridgehead atoms. The molecule has 9 nitrogen and oxygen atoms in total. The number of halogens is 1. The zero-order valence-electron chi connectivity index (χ0n) is 25.3. The lowest BCUT2D eigenvalue weighted by molar-refractivity contribution is -0.139. The summed E-state index contributed by atoms with van der Waals surface area (Å²) in [4.78, 5) is 59.1. The van der Waals surface area contributed by atoms with Crippen LogP contribution in [0.5, 0.6) is 0 Å². The molecule has 0 radical (unpaired) electrons. The molecule has 1 saturated heterocycles. The van der Waals surface area contributed by atoms with E-state index in [0.29, 0.717) is 35.2 Å². The van der Waals surface area contributed by atoms with Gasteiger partial charge in [-0.25, -0.2) is 0 Å². The Morgan fingerprint density at radius 1 is 0.891 bits per heavy atom. The second kappa shape index (κ2) is 13.6. The highest BCUT2D eigenvalue weighted by Gasteiger charge is 2.39. The van der Waals surface area contributed by atoms with Crippen molar-refractivity contribution in [3.8, 4) is 0 Å². The maximum absolute atomic E-state index is 14.3. The van der Waals surface area contributed by atoms with Crippen LogP contribution in [0.4, 0.5) is 17.1 Å². The van der Waals surface area contributed by atoms with Gasteiger partial charge in [-0.3, -0.25) is 24.1 Å². The van der Waals surface area contributed by atoms with Crippen molar-refractivity contribution in [2.45, 2.75) is 19.5 Å². The number of rotatable bonds is 9. The first-order valence-electron chi connectivity index (χ1n) is 15.1. The topological polar surface area (TPSA) is 99.3 Å². The predicted octanol–water partition coefficient (Wildman–Crippen LogP) is 5.42. The van der Waals surface area contributed by atoms with Crippen molar-refractivity contribution >= 4 is 52.2 Å². The number of carbonyl (C=O) groups is 4. The molecule has 3 amide bonds. The van der Waals surface area contributed by atoms with Gasteiger partial charge in [0.15, 0.2) is 0 Å². The van der Waals surface area contributed by atoms with Crippen LogP contribution in [0.1, 0.15) is 33.1 Å². The van der Waals surface area contributed by atoms with E-state index in [2.05, 4.69) is 10.2 Å². The van der Waals surface area contributed by atoms with Crippen molar-refractivity contribution in [1.29, 1.82) is 0 Å². The third kappa shape index (κ3) is 6.66. The maximum Gasteiger partial charge on any atom is 0.299 e. The van der Waals surface area contributed by atoms with Crippen LogP contribution in [-0.2, 0) is 25.7 Å². The predicted molar refractivity (Wildman–Crippen MR) is 177 cm³/mol. The quantitative estimate of drug-likeness (QED) is 0.246. The molecule has 0 saturated carbocycles. The average Bonchev–Trinajstić information content (AvgIpc) is 3.31. The third-order valence-electron chi connectivity index (χ3n) is 8.22. The SMILES string of the molecule is Cc1ccc(C(C(=O)Nc2ccc(N3CCOCC3)cc2)N(Cc2ccc(Cl)cc2)C(=O)CN2C(=O)C(=O)c3ccccc32)cc1. The fourth-order valence-electron chi connectivity index (χ4n) is 5.75. The highest BCUT2D eigenvalue weighted by Crippen LogP contribution is 2.31. The van der Waals surface area contributed by atoms with Crippen LogP contribution in [-0.4, -0.2) is 61.3 Å². The number of hydrogen-bond acceptors (Lipinski definition) is 6. The number of anilines is 3. The summed E-state index contributed by atoms with van der Waals surface area (Å²) >= 11 is 6.15. The maximum atomic E-state index is 14.3. The van der Waals surface area contributed by atoms with Crippen molar-refractivity contribution in [2.24, 2.45) is 0 Å². The van der Waals surface area contributed by atoms with E-state index in [1.54, 1.807) is 48.5 Å². The monoisotopic (exact) mass is 636 g/mol. The molecule has 2 aliphatic rings. The molecule has 6 rings (SSSR count). The zero-order chi connectivity index (χ0) is 32.2. The summed E-state index contributed by atoms with van der Waals surface area (Å²) in [5, 5.41) is 3.54. The number of ketones is 1. The number of ether oxygens (including phenoxy) is 1. The molecule has 1 unspecified atom stereocenters. The first-order chi connectivity index (χ1) is 22.3. The van der Waals surface area contributed by atoms with E-state index < -0.39 is 36.1 Å². The normalized spacial score (nSPS) is 15.0. The molecule has 0 spiro atoms. The highest BCUT2D eigenvalue weighted by atomic mass is 35.5. The summed E-state index contributed by atoms with van der Waals surface area (Å²) in [6.45, 7) is 4.48. The van der Waals surface area contributed by atoms with Crippen molar-refractivity contribution in [1.82, 2.24) is 4.90 Å². The van der Waals surface area contributed by atoms with Crippen LogP contribution in [0.15, 0.2) is 97.1 Å². The number of nitrogens with one attached hydrogen (secondary N) is 1. The van der Waals surface area contributed by atoms with Gasteiger partial charge >= 0.3 is 0 Å². The second-order valence-electron chi connectivity index (χ2n) is 11.3. The van der Waals surface area contributed by atoms with Gasteiger partial charge in [0.25, 0.3) is 17.6 Å². The van der Waals surface area contributed by atoms with Gasteiger partial charge in [-0.05, 0) is 66.6 Å². The Kier molecular flexibility index (Phi) is 9.14. The van der Waals surface area contributed by atoms with Crippen LogP contribution in [0.25, 0.3) is 0 Å². The van der Waals surface area contributed by atoms with Crippen molar-refractivity contribution < 1.29 is 23.9 Å². The fraction of sp³-hybridized carbons (Fsp3) is 0.222. The summed E-state index contributed by atoms with van der Waals surface area (Å²) < 4.78 is 5.46. The molecule has 1 N–H and O–H groups in total. The van der Waals surface area contributed by atoms with Gasteiger partial charge in [-0.1, -0.05) is 65.7 Å². The smallest absolute Gasteiger partial charge is 0.299 e. The summed E-state index contributed by atoms with van der Waals surface area (Å²) in [7, 11) is 0. The van der Waals surface area contributed by atoms with Crippen LogP contribution < -0.4 is 15.1 Å². The van der Waals surface area contributed by atoms with Crippen molar-refractivity contribution in [3.05, 3.63) is 124 Å². The van der Waals surface area contributed by atoms with Crippen molar-refractivity contribution in [3.63, 3.8) is 0 Å². The molecular formula is C36H33ClN4O5. The lowest BCUT2D eigenvalue weighted by atomic mass is 10.0. The first kappa shape index (κ1) is 31.0. The summed E-state index contributed by atoms with van der Waals surface area (Å²) in [5.74, 6) is -2.37. The Labute approximate surface area is 272 Å². The Bertz CT molecular complexity index is 1750. The minimum absolute atomic E-state index is 0.0511. The Balaban J connectivity index is 1.33. The van der Waals surface area contributed by atoms with Crippen molar-refractivity contribution in [2.75, 3.05) is 48.0 Å². The van der Waals surface area contributed by atoms with Crippen LogP contribution >= 0.6 is 11.6 Å². The molecule has 4 aromatic rings. The second-order valence-corrected chi connectivity index (χ2v) is 11.8. The number of Topliss-reactive ketones (excluding diaryl/α,β-unsaturated/α-hetero) is 1. The fourth-order valence-corrected chi connectivity index (χ4v) is 5.88. The number of aryl methyl sites for hydroxylation is 1. The summed E-state index contributed by atoms with van der Waals surface area (Å²) in [6, 6.07) is 27.5. The Morgan fingerprint density at radius 3 is 2.26 bits per heavy atom. The molecule has 2 heterocycles. The van der Waals surface area contributed by atoms with E-state index in [1.807, 2.05) is 55.5 Å². The average molecular weight is 637 g/mol. The number of carbonyl (C=O) groups excluding carboxylic acids is 4. The summed E-state index contributed by atoms with van der Waals surface area (Å²) in [6.07, 6.45) is 0.